The zero-order valence-electron chi connectivity index (χ0n) is 17.8. The molecule has 1 fully saturated rings. The van der Waals surface area contributed by atoms with E-state index in [-0.39, 0.29) is 18.4 Å². The normalized spacial score (nSPS) is 17.8. The van der Waals surface area contributed by atoms with E-state index in [1.165, 1.54) is 7.11 Å². The van der Waals surface area contributed by atoms with E-state index in [1.807, 2.05) is 60.7 Å². The summed E-state index contributed by atoms with van der Waals surface area (Å²) in [7, 11) is 1.37. The van der Waals surface area contributed by atoms with Gasteiger partial charge in [-0.05, 0) is 48.4 Å². The predicted octanol–water partition coefficient (Wildman–Crippen LogP) is 4.85. The Balaban J connectivity index is 1.86. The number of nitriles is 1. The third-order valence-electron chi connectivity index (χ3n) is 5.87. The second-order valence-corrected chi connectivity index (χ2v) is 7.67. The Kier molecular flexibility index (Phi) is 5.91. The van der Waals surface area contributed by atoms with Crippen LogP contribution in [0.1, 0.15) is 24.0 Å². The molecular formula is C26H23N3O3. The van der Waals surface area contributed by atoms with Crippen molar-refractivity contribution >= 4 is 23.4 Å². The van der Waals surface area contributed by atoms with Gasteiger partial charge in [0.25, 0.3) is 0 Å². The number of hydrogen-bond donors (Lipinski definition) is 0. The topological polar surface area (TPSA) is 73.6 Å². The van der Waals surface area contributed by atoms with Crippen LogP contribution in [0.15, 0.2) is 84.9 Å². The minimum Gasteiger partial charge on any atom is -0.469 e. The molecule has 0 bridgehead atoms. The average molecular weight is 425 g/mol. The van der Waals surface area contributed by atoms with Gasteiger partial charge in [-0.15, -0.1) is 0 Å². The maximum atomic E-state index is 13.8. The van der Waals surface area contributed by atoms with E-state index in [0.717, 1.165) is 11.3 Å². The largest absolute Gasteiger partial charge is 0.469 e. The molecule has 3 aromatic rings. The highest BCUT2D eigenvalue weighted by molar-refractivity contribution is 6.08. The number of esters is 1. The van der Waals surface area contributed by atoms with Crippen molar-refractivity contribution in [1.29, 1.82) is 5.26 Å². The first-order valence-electron chi connectivity index (χ1n) is 10.4. The van der Waals surface area contributed by atoms with Crippen LogP contribution < -0.4 is 9.80 Å². The van der Waals surface area contributed by atoms with Crippen molar-refractivity contribution in [3.8, 4) is 6.07 Å². The number of carbonyl (C=O) groups is 2. The van der Waals surface area contributed by atoms with E-state index in [0.29, 0.717) is 24.2 Å². The van der Waals surface area contributed by atoms with Gasteiger partial charge >= 0.3 is 12.0 Å². The van der Waals surface area contributed by atoms with Crippen LogP contribution in [-0.4, -0.2) is 25.7 Å². The van der Waals surface area contributed by atoms with Gasteiger partial charge in [0.2, 0.25) is 0 Å². The van der Waals surface area contributed by atoms with Crippen LogP contribution in [0.3, 0.4) is 0 Å². The monoisotopic (exact) mass is 425 g/mol. The molecule has 0 aliphatic carbocycles. The molecule has 1 heterocycles. The summed E-state index contributed by atoms with van der Waals surface area (Å²) in [4.78, 5) is 29.4. The zero-order valence-corrected chi connectivity index (χ0v) is 17.8. The molecule has 0 aromatic heterocycles. The quantitative estimate of drug-likeness (QED) is 0.529. The molecule has 6 nitrogen and oxygen atoms in total. The van der Waals surface area contributed by atoms with E-state index < -0.39 is 5.54 Å². The maximum absolute atomic E-state index is 13.8. The summed E-state index contributed by atoms with van der Waals surface area (Å²) >= 11 is 0. The molecule has 0 N–H and O–H groups in total. The van der Waals surface area contributed by atoms with Crippen molar-refractivity contribution in [3.63, 3.8) is 0 Å². The Hall–Kier alpha value is -4.11. The maximum Gasteiger partial charge on any atom is 0.329 e. The minimum absolute atomic E-state index is 0.170. The fourth-order valence-corrected chi connectivity index (χ4v) is 4.27. The summed E-state index contributed by atoms with van der Waals surface area (Å²) in [5.74, 6) is -0.322. The first-order valence-corrected chi connectivity index (χ1v) is 10.4. The van der Waals surface area contributed by atoms with Gasteiger partial charge in [-0.1, -0.05) is 48.5 Å². The molecule has 0 radical (unpaired) electrons. The number of nitrogens with zero attached hydrogens (tertiary/aromatic N) is 3. The molecule has 6 heteroatoms. The molecule has 32 heavy (non-hydrogen) atoms. The lowest BCUT2D eigenvalue weighted by atomic mass is 9.84. The van der Waals surface area contributed by atoms with Gasteiger partial charge in [0, 0.05) is 17.8 Å². The summed E-state index contributed by atoms with van der Waals surface area (Å²) in [5, 5.41) is 9.13. The van der Waals surface area contributed by atoms with E-state index in [9.17, 15) is 9.59 Å². The molecule has 1 aliphatic heterocycles. The van der Waals surface area contributed by atoms with E-state index in [4.69, 9.17) is 10.00 Å². The summed E-state index contributed by atoms with van der Waals surface area (Å²) in [6.45, 7) is 0.355. The van der Waals surface area contributed by atoms with Gasteiger partial charge in [-0.3, -0.25) is 14.6 Å². The van der Waals surface area contributed by atoms with Crippen molar-refractivity contribution < 1.29 is 14.3 Å². The van der Waals surface area contributed by atoms with Gasteiger partial charge in [-0.25, -0.2) is 4.79 Å². The molecule has 0 saturated carbocycles. The number of para-hydroxylation sites is 1. The second kappa shape index (κ2) is 8.94. The Bertz CT molecular complexity index is 1140. The van der Waals surface area contributed by atoms with Crippen LogP contribution in [0.2, 0.25) is 0 Å². The van der Waals surface area contributed by atoms with Crippen LogP contribution in [0.25, 0.3) is 0 Å². The summed E-state index contributed by atoms with van der Waals surface area (Å²) in [6.07, 6.45) is 0.570. The van der Waals surface area contributed by atoms with Crippen molar-refractivity contribution in [1.82, 2.24) is 0 Å². The lowest BCUT2D eigenvalue weighted by molar-refractivity contribution is -0.141. The molecule has 3 aromatic carbocycles. The highest BCUT2D eigenvalue weighted by Gasteiger charge is 2.52. The van der Waals surface area contributed by atoms with Crippen molar-refractivity contribution in [2.75, 3.05) is 23.5 Å². The predicted molar refractivity (Wildman–Crippen MR) is 122 cm³/mol. The Morgan fingerprint density at radius 1 is 0.969 bits per heavy atom. The number of rotatable bonds is 6. The highest BCUT2D eigenvalue weighted by Crippen LogP contribution is 2.44. The Morgan fingerprint density at radius 2 is 1.59 bits per heavy atom. The van der Waals surface area contributed by atoms with Crippen LogP contribution in [0, 0.1) is 11.3 Å². The molecule has 1 atom stereocenters. The lowest BCUT2D eigenvalue weighted by Gasteiger charge is -2.37. The van der Waals surface area contributed by atoms with Gasteiger partial charge < -0.3 is 4.74 Å². The van der Waals surface area contributed by atoms with E-state index in [1.54, 1.807) is 34.1 Å². The molecule has 1 unspecified atom stereocenters. The fraction of sp³-hybridized carbons (Fsp3) is 0.192. The van der Waals surface area contributed by atoms with Crippen LogP contribution in [-0.2, 0) is 15.1 Å². The first kappa shape index (κ1) is 21.1. The van der Waals surface area contributed by atoms with Crippen LogP contribution >= 0.6 is 0 Å². The second-order valence-electron chi connectivity index (χ2n) is 7.67. The smallest absolute Gasteiger partial charge is 0.329 e. The molecule has 1 aliphatic rings. The molecule has 2 amide bonds. The first-order chi connectivity index (χ1) is 15.6. The van der Waals surface area contributed by atoms with Crippen LogP contribution in [0.4, 0.5) is 16.2 Å². The average Bonchev–Trinajstić information content (AvgIpc) is 3.16. The Labute approximate surface area is 187 Å². The number of amides is 2. The van der Waals surface area contributed by atoms with Gasteiger partial charge in [0.05, 0.1) is 30.8 Å². The van der Waals surface area contributed by atoms with E-state index in [2.05, 4.69) is 6.07 Å². The lowest BCUT2D eigenvalue weighted by Crippen LogP contribution is -2.45. The van der Waals surface area contributed by atoms with Gasteiger partial charge in [0.1, 0.15) is 0 Å². The van der Waals surface area contributed by atoms with Crippen molar-refractivity contribution in [2.45, 2.75) is 18.4 Å². The number of urea groups is 1. The van der Waals surface area contributed by atoms with Gasteiger partial charge in [0.15, 0.2) is 0 Å². The molecule has 0 spiro atoms. The van der Waals surface area contributed by atoms with Gasteiger partial charge in [-0.2, -0.15) is 5.26 Å². The van der Waals surface area contributed by atoms with E-state index >= 15 is 0 Å². The summed E-state index contributed by atoms with van der Waals surface area (Å²) in [5.41, 5.74) is 2.15. The van der Waals surface area contributed by atoms with Crippen LogP contribution in [0.5, 0.6) is 0 Å². The number of anilines is 2. The SMILES string of the molecule is COC(=O)CCC1(c2ccccc2)CN(c2ccc(C#N)cc2)C(=O)N1c1ccccc1. The number of methoxy groups -OCH3 is 1. The molecule has 4 rings (SSSR count). The minimum atomic E-state index is -0.776. The number of hydrogen-bond acceptors (Lipinski definition) is 4. The zero-order chi connectivity index (χ0) is 22.6. The highest BCUT2D eigenvalue weighted by atomic mass is 16.5. The third kappa shape index (κ3) is 3.81. The fourth-order valence-electron chi connectivity index (χ4n) is 4.27. The standard InChI is InChI=1S/C26H23N3O3/c1-32-24(30)16-17-26(21-8-4-2-5-9-21)19-28(22-14-12-20(18-27)13-15-22)25(31)29(26)23-10-6-3-7-11-23/h2-15H,16-17,19H2,1H3. The number of ether oxygens (including phenoxy) is 1. The molecule has 160 valence electrons. The van der Waals surface area contributed by atoms with Crippen molar-refractivity contribution in [3.05, 3.63) is 96.1 Å². The molecular weight excluding hydrogens is 402 g/mol. The summed E-state index contributed by atoms with van der Waals surface area (Å²) < 4.78 is 4.91. The number of carbonyl (C=O) groups excluding carboxylic acids is 2. The molecule has 1 saturated heterocycles. The summed E-state index contributed by atoms with van der Waals surface area (Å²) in [6, 6.07) is 28.1. The van der Waals surface area contributed by atoms with Crippen molar-refractivity contribution in [2.24, 2.45) is 0 Å². The Morgan fingerprint density at radius 3 is 2.19 bits per heavy atom. The number of benzene rings is 3. The third-order valence-corrected chi connectivity index (χ3v) is 5.87.